The molecule has 2 saturated heterocycles. The second-order valence-electron chi connectivity index (χ2n) is 10.6. The van der Waals surface area contributed by atoms with E-state index in [2.05, 4.69) is 25.3 Å². The van der Waals surface area contributed by atoms with Crippen molar-refractivity contribution >= 4 is 23.1 Å². The van der Waals surface area contributed by atoms with Gasteiger partial charge in [-0.25, -0.2) is 18.9 Å². The van der Waals surface area contributed by atoms with E-state index in [1.54, 1.807) is 4.52 Å². The number of aliphatic hydroxyl groups is 1. The number of halogens is 4. The molecule has 2 fully saturated rings. The van der Waals surface area contributed by atoms with Gasteiger partial charge < -0.3 is 25.8 Å². The molecule has 3 atom stereocenters. The summed E-state index contributed by atoms with van der Waals surface area (Å²) < 4.78 is 61.1. The third kappa shape index (κ3) is 5.31. The summed E-state index contributed by atoms with van der Waals surface area (Å²) in [5.41, 5.74) is 4.95. The second-order valence-corrected chi connectivity index (χ2v) is 10.6. The average molecular weight is 595 g/mol. The number of nitrogens with zero attached hydrogens (tertiary/aromatic N) is 6. The van der Waals surface area contributed by atoms with Crippen LogP contribution in [-0.4, -0.2) is 104 Å². The number of ether oxygens (including phenoxy) is 1. The Labute approximate surface area is 237 Å². The first kappa shape index (κ1) is 29.4. The molecule has 2 aliphatic rings. The van der Waals surface area contributed by atoms with Gasteiger partial charge in [0.25, 0.3) is 11.8 Å². The van der Waals surface area contributed by atoms with Gasteiger partial charge in [-0.2, -0.15) is 18.3 Å². The fourth-order valence-corrected chi connectivity index (χ4v) is 5.31. The van der Waals surface area contributed by atoms with Crippen LogP contribution in [0.5, 0.6) is 5.88 Å². The van der Waals surface area contributed by atoms with E-state index in [-0.39, 0.29) is 17.3 Å². The molecule has 0 radical (unpaired) electrons. The van der Waals surface area contributed by atoms with Crippen LogP contribution in [0.3, 0.4) is 0 Å². The first-order valence-corrected chi connectivity index (χ1v) is 13.2. The highest BCUT2D eigenvalue weighted by Crippen LogP contribution is 2.34. The zero-order valence-corrected chi connectivity index (χ0v) is 22.9. The van der Waals surface area contributed by atoms with Gasteiger partial charge in [-0.1, -0.05) is 0 Å². The van der Waals surface area contributed by atoms with Crippen molar-refractivity contribution in [3.63, 3.8) is 0 Å². The summed E-state index contributed by atoms with van der Waals surface area (Å²) in [5.74, 6) is -2.33. The lowest BCUT2D eigenvalue weighted by Crippen LogP contribution is -2.56. The number of nitrogens with two attached hydrogens (primary N) is 1. The van der Waals surface area contributed by atoms with Gasteiger partial charge >= 0.3 is 6.18 Å². The van der Waals surface area contributed by atoms with E-state index < -0.39 is 48.9 Å². The Kier molecular flexibility index (Phi) is 7.70. The molecule has 2 aliphatic heterocycles. The molecular weight excluding hydrogens is 564 g/mol. The number of alkyl halides is 4. The smallest absolute Gasteiger partial charge is 0.426 e. The highest BCUT2D eigenvalue weighted by atomic mass is 19.4. The van der Waals surface area contributed by atoms with Gasteiger partial charge in [-0.3, -0.25) is 14.5 Å². The minimum Gasteiger partial charge on any atom is -0.480 e. The Bertz CT molecular complexity index is 1510. The summed E-state index contributed by atoms with van der Waals surface area (Å²) in [5, 5.41) is 16.5. The van der Waals surface area contributed by atoms with Crippen LogP contribution in [0.15, 0.2) is 24.7 Å². The van der Waals surface area contributed by atoms with Crippen molar-refractivity contribution in [2.75, 3.05) is 39.0 Å². The molecule has 0 bridgehead atoms. The Morgan fingerprint density at radius 2 is 1.90 bits per heavy atom. The predicted octanol–water partition coefficient (Wildman–Crippen LogP) is 1.57. The predicted molar refractivity (Wildman–Crippen MR) is 141 cm³/mol. The molecule has 5 heterocycles. The number of pyridine rings is 1. The Morgan fingerprint density at radius 1 is 1.19 bits per heavy atom. The van der Waals surface area contributed by atoms with Gasteiger partial charge in [0, 0.05) is 24.8 Å². The summed E-state index contributed by atoms with van der Waals surface area (Å²) in [7, 11) is 1.29. The number of methoxy groups -OCH3 is 1. The Balaban J connectivity index is 1.42. The quantitative estimate of drug-likeness (QED) is 0.346. The topological polar surface area (TPSA) is 151 Å². The van der Waals surface area contributed by atoms with Gasteiger partial charge in [0.1, 0.15) is 23.6 Å². The largest absolute Gasteiger partial charge is 0.480 e. The number of likely N-dealkylation sites (tertiary alicyclic amines) is 2. The molecule has 0 aromatic carbocycles. The second kappa shape index (κ2) is 11.0. The van der Waals surface area contributed by atoms with Crippen molar-refractivity contribution in [2.24, 2.45) is 0 Å². The van der Waals surface area contributed by atoms with Gasteiger partial charge in [-0.15, -0.1) is 0 Å². The zero-order valence-electron chi connectivity index (χ0n) is 22.9. The summed E-state index contributed by atoms with van der Waals surface area (Å²) in [4.78, 5) is 36.8. The maximum atomic E-state index is 14.8. The minimum absolute atomic E-state index is 0.0765. The third-order valence-electron chi connectivity index (χ3n) is 7.66. The highest BCUT2D eigenvalue weighted by Gasteiger charge is 2.58. The average Bonchev–Trinajstić information content (AvgIpc) is 3.67. The van der Waals surface area contributed by atoms with E-state index >= 15 is 0 Å². The van der Waals surface area contributed by atoms with Crippen LogP contribution in [0.25, 0.3) is 16.8 Å². The van der Waals surface area contributed by atoms with E-state index in [9.17, 15) is 32.3 Å². The molecular formula is C26H30F4N8O4. The number of carbonyl (C=O) groups is 2. The number of carbonyl (C=O) groups excluding carboxylic acids is 2. The molecule has 2 amide bonds. The van der Waals surface area contributed by atoms with Crippen LogP contribution in [0.1, 0.15) is 35.7 Å². The zero-order chi connectivity index (χ0) is 30.4. The van der Waals surface area contributed by atoms with Crippen LogP contribution in [0.2, 0.25) is 0 Å². The highest BCUT2D eigenvalue weighted by molar-refractivity contribution is 5.98. The van der Waals surface area contributed by atoms with E-state index in [0.717, 1.165) is 31.5 Å². The standard InChI is InChI=1S/C26H30F4N8O4/c1-25(41,26(28,29)30)24(40)37-11-17(27)18(12-37)35-22(39)16-7-14(9-32-23(16)42-2)19-8-15(10-36-5-3-4-6-36)20-21(31)33-13-34-38(19)20/h7-9,13,17-18,41H,3-6,10-12H2,1-2H3,(H,35,39)(H2,31,33,34)/t17-,18+,25+/m0/s1. The fourth-order valence-electron chi connectivity index (χ4n) is 5.31. The van der Waals surface area contributed by atoms with Crippen molar-refractivity contribution in [3.8, 4) is 17.1 Å². The van der Waals surface area contributed by atoms with Gasteiger partial charge in [0.2, 0.25) is 11.5 Å². The fraction of sp³-hybridized carbons (Fsp3) is 0.500. The summed E-state index contributed by atoms with van der Waals surface area (Å²) in [6, 6.07) is 2.02. The lowest BCUT2D eigenvalue weighted by molar-refractivity contribution is -0.249. The molecule has 42 heavy (non-hydrogen) atoms. The first-order chi connectivity index (χ1) is 19.8. The lowest BCUT2D eigenvalue weighted by atomic mass is 10.1. The van der Waals surface area contributed by atoms with E-state index in [4.69, 9.17) is 10.5 Å². The number of fused-ring (bicyclic) bond motifs is 1. The molecule has 0 aliphatic carbocycles. The summed E-state index contributed by atoms with van der Waals surface area (Å²) >= 11 is 0. The first-order valence-electron chi connectivity index (χ1n) is 13.2. The summed E-state index contributed by atoms with van der Waals surface area (Å²) in [6.45, 7) is 1.50. The molecule has 16 heteroatoms. The van der Waals surface area contributed by atoms with Crippen molar-refractivity contribution in [1.82, 2.24) is 34.7 Å². The molecule has 3 aromatic rings. The summed E-state index contributed by atoms with van der Waals surface area (Å²) in [6.07, 6.45) is -2.17. The van der Waals surface area contributed by atoms with Crippen molar-refractivity contribution in [2.45, 2.75) is 50.3 Å². The van der Waals surface area contributed by atoms with Crippen LogP contribution < -0.4 is 15.8 Å². The van der Waals surface area contributed by atoms with Gasteiger partial charge in [0.15, 0.2) is 5.82 Å². The molecule has 5 rings (SSSR count). The van der Waals surface area contributed by atoms with Crippen LogP contribution >= 0.6 is 0 Å². The van der Waals surface area contributed by atoms with E-state index in [0.29, 0.717) is 35.1 Å². The number of anilines is 1. The molecule has 0 spiro atoms. The molecule has 226 valence electrons. The molecule has 0 saturated carbocycles. The van der Waals surface area contributed by atoms with Crippen LogP contribution in [-0.2, 0) is 11.3 Å². The molecule has 4 N–H and O–H groups in total. The van der Waals surface area contributed by atoms with Crippen LogP contribution in [0.4, 0.5) is 23.4 Å². The maximum absolute atomic E-state index is 14.8. The van der Waals surface area contributed by atoms with E-state index in [1.165, 1.54) is 25.7 Å². The number of hydrogen-bond acceptors (Lipinski definition) is 9. The monoisotopic (exact) mass is 594 g/mol. The number of rotatable bonds is 7. The third-order valence-corrected chi connectivity index (χ3v) is 7.66. The number of nitrogens with one attached hydrogen (secondary N) is 1. The molecule has 0 unspecified atom stereocenters. The molecule has 3 aromatic heterocycles. The maximum Gasteiger partial charge on any atom is 0.426 e. The lowest BCUT2D eigenvalue weighted by Gasteiger charge is -2.29. The number of hydrogen-bond donors (Lipinski definition) is 3. The Morgan fingerprint density at radius 3 is 2.57 bits per heavy atom. The van der Waals surface area contributed by atoms with Crippen molar-refractivity contribution in [1.29, 1.82) is 0 Å². The number of nitrogen functional groups attached to an aromatic ring is 1. The normalized spacial score (nSPS) is 21.1. The minimum atomic E-state index is -5.26. The Hall–Kier alpha value is -4.05. The van der Waals surface area contributed by atoms with Gasteiger partial charge in [0.05, 0.1) is 25.4 Å². The van der Waals surface area contributed by atoms with Gasteiger partial charge in [-0.05, 0) is 50.6 Å². The van der Waals surface area contributed by atoms with Crippen molar-refractivity contribution in [3.05, 3.63) is 35.8 Å². The number of amides is 2. The van der Waals surface area contributed by atoms with E-state index in [1.807, 2.05) is 6.07 Å². The SMILES string of the molecule is COc1ncc(-c2cc(CN3CCCC3)c3c(N)ncnn23)cc1C(=O)N[C@@H]1CN(C(=O)[C@@](C)(O)C(F)(F)F)C[C@@H]1F. The van der Waals surface area contributed by atoms with Crippen LogP contribution in [0, 0.1) is 0 Å². The number of aromatic nitrogens is 4. The molecule has 12 nitrogen and oxygen atoms in total. The van der Waals surface area contributed by atoms with Crippen molar-refractivity contribution < 1.29 is 37.0 Å².